The molecular formula is C14H13ClFN3S2. The van der Waals surface area contributed by atoms with Gasteiger partial charge in [0, 0.05) is 10.6 Å². The van der Waals surface area contributed by atoms with Gasteiger partial charge in [0.25, 0.3) is 0 Å². The Morgan fingerprint density at radius 2 is 2.10 bits per heavy atom. The van der Waals surface area contributed by atoms with Crippen LogP contribution in [0.5, 0.6) is 0 Å². The lowest BCUT2D eigenvalue weighted by atomic mass is 10.0. The molecule has 2 aromatic rings. The Kier molecular flexibility index (Phi) is 4.37. The van der Waals surface area contributed by atoms with Crippen LogP contribution in [-0.2, 0) is 12.8 Å². The lowest BCUT2D eigenvalue weighted by Gasteiger charge is -2.08. The molecule has 3 rings (SSSR count). The van der Waals surface area contributed by atoms with Crippen LogP contribution in [0.2, 0.25) is 5.02 Å². The van der Waals surface area contributed by atoms with Crippen LogP contribution < -0.4 is 10.6 Å². The number of halogens is 2. The lowest BCUT2D eigenvalue weighted by Crippen LogP contribution is -2.19. The van der Waals surface area contributed by atoms with E-state index in [9.17, 15) is 4.39 Å². The second kappa shape index (κ2) is 6.25. The van der Waals surface area contributed by atoms with E-state index in [2.05, 4.69) is 15.6 Å². The summed E-state index contributed by atoms with van der Waals surface area (Å²) in [5.41, 5.74) is 1.82. The van der Waals surface area contributed by atoms with Crippen molar-refractivity contribution in [3.63, 3.8) is 0 Å². The molecule has 0 fully saturated rings. The molecule has 0 aliphatic heterocycles. The first-order valence-corrected chi connectivity index (χ1v) is 8.24. The Balaban J connectivity index is 1.66. The molecule has 0 spiro atoms. The van der Waals surface area contributed by atoms with Crippen molar-refractivity contribution in [2.45, 2.75) is 25.7 Å². The van der Waals surface area contributed by atoms with Gasteiger partial charge in [-0.2, -0.15) is 0 Å². The van der Waals surface area contributed by atoms with Gasteiger partial charge in [-0.15, -0.1) is 11.3 Å². The van der Waals surface area contributed by atoms with Crippen LogP contribution in [0.4, 0.5) is 15.2 Å². The number of aryl methyl sites for hydroxylation is 2. The van der Waals surface area contributed by atoms with Crippen molar-refractivity contribution in [2.24, 2.45) is 0 Å². The van der Waals surface area contributed by atoms with E-state index in [0.717, 1.165) is 18.0 Å². The fraction of sp³-hybridized carbons (Fsp3) is 0.286. The second-order valence-electron chi connectivity index (χ2n) is 4.80. The summed E-state index contributed by atoms with van der Waals surface area (Å²) in [5.74, 6) is -0.450. The summed E-state index contributed by atoms with van der Waals surface area (Å²) in [7, 11) is 0. The largest absolute Gasteiger partial charge is 0.332 e. The molecule has 1 aromatic carbocycles. The monoisotopic (exact) mass is 341 g/mol. The Labute approximate surface area is 136 Å². The summed E-state index contributed by atoms with van der Waals surface area (Å²) >= 11 is 12.6. The highest BCUT2D eigenvalue weighted by Crippen LogP contribution is 2.29. The molecule has 0 saturated carbocycles. The summed E-state index contributed by atoms with van der Waals surface area (Å²) in [6.45, 7) is 0. The molecule has 3 nitrogen and oxygen atoms in total. The van der Waals surface area contributed by atoms with Crippen LogP contribution >= 0.6 is 35.2 Å². The number of aromatic nitrogens is 1. The molecule has 0 radical (unpaired) electrons. The van der Waals surface area contributed by atoms with Gasteiger partial charge < -0.3 is 10.6 Å². The maximum atomic E-state index is 13.1. The van der Waals surface area contributed by atoms with E-state index in [1.807, 2.05) is 0 Å². The molecule has 1 aliphatic rings. The van der Waals surface area contributed by atoms with E-state index in [0.29, 0.717) is 10.8 Å². The first-order valence-electron chi connectivity index (χ1n) is 6.63. The zero-order valence-electron chi connectivity index (χ0n) is 11.1. The molecule has 1 heterocycles. The molecular weight excluding hydrogens is 329 g/mol. The summed E-state index contributed by atoms with van der Waals surface area (Å²) in [4.78, 5) is 5.90. The fourth-order valence-corrected chi connectivity index (χ4v) is 3.75. The summed E-state index contributed by atoms with van der Waals surface area (Å²) < 4.78 is 13.1. The highest BCUT2D eigenvalue weighted by molar-refractivity contribution is 7.80. The summed E-state index contributed by atoms with van der Waals surface area (Å²) in [6, 6.07) is 4.38. The van der Waals surface area contributed by atoms with E-state index in [1.165, 1.54) is 35.5 Å². The molecule has 2 N–H and O–H groups in total. The first kappa shape index (κ1) is 14.7. The van der Waals surface area contributed by atoms with E-state index in [-0.39, 0.29) is 5.02 Å². The van der Waals surface area contributed by atoms with Crippen molar-refractivity contribution in [1.82, 2.24) is 4.98 Å². The molecule has 21 heavy (non-hydrogen) atoms. The number of benzene rings is 1. The second-order valence-corrected chi connectivity index (χ2v) is 6.70. The zero-order chi connectivity index (χ0) is 14.8. The normalized spacial score (nSPS) is 13.6. The minimum atomic E-state index is -0.450. The van der Waals surface area contributed by atoms with Gasteiger partial charge in [-0.25, -0.2) is 9.37 Å². The number of rotatable bonds is 2. The van der Waals surface area contributed by atoms with E-state index >= 15 is 0 Å². The molecule has 110 valence electrons. The van der Waals surface area contributed by atoms with Gasteiger partial charge in [0.15, 0.2) is 10.2 Å². The number of nitrogens with zero attached hydrogens (tertiary/aromatic N) is 1. The SMILES string of the molecule is Fc1ccc(NC(=S)Nc2nc3c(s2)CCCC3)cc1Cl. The van der Waals surface area contributed by atoms with Gasteiger partial charge in [0.2, 0.25) is 0 Å². The highest BCUT2D eigenvalue weighted by atomic mass is 35.5. The maximum Gasteiger partial charge on any atom is 0.189 e. The number of hydrogen-bond acceptors (Lipinski definition) is 3. The van der Waals surface area contributed by atoms with Gasteiger partial charge >= 0.3 is 0 Å². The minimum absolute atomic E-state index is 0.0625. The third kappa shape index (κ3) is 3.51. The number of anilines is 2. The van der Waals surface area contributed by atoms with Crippen LogP contribution in [0.15, 0.2) is 18.2 Å². The summed E-state index contributed by atoms with van der Waals surface area (Å²) in [6.07, 6.45) is 4.57. The van der Waals surface area contributed by atoms with Gasteiger partial charge in [-0.05, 0) is 56.1 Å². The van der Waals surface area contributed by atoms with E-state index in [1.54, 1.807) is 17.4 Å². The van der Waals surface area contributed by atoms with Gasteiger partial charge in [-0.3, -0.25) is 0 Å². The lowest BCUT2D eigenvalue weighted by molar-refractivity contribution is 0.628. The van der Waals surface area contributed by atoms with Crippen molar-refractivity contribution in [3.05, 3.63) is 39.6 Å². The number of thiazole rings is 1. The molecule has 0 amide bonds. The van der Waals surface area contributed by atoms with Crippen molar-refractivity contribution >= 4 is 51.1 Å². The number of fused-ring (bicyclic) bond motifs is 1. The molecule has 0 atom stereocenters. The van der Waals surface area contributed by atoms with Gasteiger partial charge in [-0.1, -0.05) is 11.6 Å². The zero-order valence-corrected chi connectivity index (χ0v) is 13.5. The first-order chi connectivity index (χ1) is 10.1. The summed E-state index contributed by atoms with van der Waals surface area (Å²) in [5, 5.41) is 7.33. The fourth-order valence-electron chi connectivity index (χ4n) is 2.24. The van der Waals surface area contributed by atoms with E-state index in [4.69, 9.17) is 23.8 Å². The molecule has 1 aliphatic carbocycles. The molecule has 0 unspecified atom stereocenters. The third-order valence-corrected chi connectivity index (χ3v) is 4.81. The predicted molar refractivity (Wildman–Crippen MR) is 90.0 cm³/mol. The van der Waals surface area contributed by atoms with Crippen molar-refractivity contribution in [2.75, 3.05) is 10.6 Å². The Bertz CT molecular complexity index is 663. The van der Waals surface area contributed by atoms with Crippen molar-refractivity contribution in [3.8, 4) is 0 Å². The Morgan fingerprint density at radius 1 is 1.29 bits per heavy atom. The number of hydrogen-bond donors (Lipinski definition) is 2. The quantitative estimate of drug-likeness (QED) is 0.781. The Hall–Kier alpha value is -1.24. The molecule has 0 bridgehead atoms. The van der Waals surface area contributed by atoms with Crippen molar-refractivity contribution < 1.29 is 4.39 Å². The minimum Gasteiger partial charge on any atom is -0.332 e. The molecule has 0 saturated heterocycles. The van der Waals surface area contributed by atoms with E-state index < -0.39 is 5.82 Å². The van der Waals surface area contributed by atoms with Crippen molar-refractivity contribution in [1.29, 1.82) is 0 Å². The number of nitrogens with one attached hydrogen (secondary N) is 2. The Morgan fingerprint density at radius 3 is 2.86 bits per heavy atom. The maximum absolute atomic E-state index is 13.1. The average Bonchev–Trinajstić information content (AvgIpc) is 2.84. The standard InChI is InChI=1S/C14H13ClFN3S2/c15-9-7-8(5-6-10(9)16)17-13(20)19-14-18-11-3-1-2-4-12(11)21-14/h5-7H,1-4H2,(H2,17,18,19,20). The number of thiocarbonyl (C=S) groups is 1. The molecule has 7 heteroatoms. The predicted octanol–water partition coefficient (Wildman–Crippen LogP) is 4.62. The van der Waals surface area contributed by atoms with Crippen LogP contribution in [0.3, 0.4) is 0 Å². The topological polar surface area (TPSA) is 37.0 Å². The van der Waals surface area contributed by atoms with Crippen LogP contribution in [-0.4, -0.2) is 10.1 Å². The van der Waals surface area contributed by atoms with Crippen LogP contribution in [0.1, 0.15) is 23.4 Å². The van der Waals surface area contributed by atoms with Crippen LogP contribution in [0.25, 0.3) is 0 Å². The van der Waals surface area contributed by atoms with Crippen LogP contribution in [0, 0.1) is 5.82 Å². The highest BCUT2D eigenvalue weighted by Gasteiger charge is 2.15. The smallest absolute Gasteiger partial charge is 0.189 e. The van der Waals surface area contributed by atoms with Gasteiger partial charge in [0.05, 0.1) is 10.7 Å². The molecule has 1 aromatic heterocycles. The van der Waals surface area contributed by atoms with Gasteiger partial charge in [0.1, 0.15) is 5.82 Å². The average molecular weight is 342 g/mol. The third-order valence-electron chi connectivity index (χ3n) is 3.24.